The van der Waals surface area contributed by atoms with Crippen LogP contribution in [0.5, 0.6) is 0 Å². The molecule has 0 saturated carbocycles. The van der Waals surface area contributed by atoms with Gasteiger partial charge < -0.3 is 20.1 Å². The zero-order valence-corrected chi connectivity index (χ0v) is 10.9. The van der Waals surface area contributed by atoms with E-state index in [1.54, 1.807) is 0 Å². The zero-order chi connectivity index (χ0) is 14.4. The summed E-state index contributed by atoms with van der Waals surface area (Å²) in [5, 5.41) is 11.2. The van der Waals surface area contributed by atoms with Crippen LogP contribution in [0.3, 0.4) is 0 Å². The van der Waals surface area contributed by atoms with Crippen molar-refractivity contribution in [2.45, 2.75) is 6.42 Å². The van der Waals surface area contributed by atoms with E-state index in [-0.39, 0.29) is 24.7 Å². The van der Waals surface area contributed by atoms with Crippen molar-refractivity contribution in [2.24, 2.45) is 0 Å². The molecule has 108 valence electrons. The number of hydrogen-bond donors (Lipinski definition) is 3. The summed E-state index contributed by atoms with van der Waals surface area (Å²) in [4.78, 5) is 18.8. The van der Waals surface area contributed by atoms with Crippen molar-refractivity contribution < 1.29 is 19.0 Å². The van der Waals surface area contributed by atoms with Crippen LogP contribution in [0.2, 0.25) is 0 Å². The Kier molecular flexibility index (Phi) is 5.03. The second-order valence-corrected chi connectivity index (χ2v) is 4.20. The number of H-pyrrole nitrogens is 1. The molecule has 2 rings (SSSR count). The van der Waals surface area contributed by atoms with Gasteiger partial charge in [0.2, 0.25) is 0 Å². The van der Waals surface area contributed by atoms with Crippen molar-refractivity contribution >= 4 is 16.9 Å². The van der Waals surface area contributed by atoms with E-state index in [2.05, 4.69) is 15.3 Å². The molecule has 0 aliphatic carbocycles. The van der Waals surface area contributed by atoms with Crippen LogP contribution >= 0.6 is 0 Å². The maximum atomic E-state index is 13.4. The number of aromatic amines is 1. The molecule has 3 N–H and O–H groups in total. The van der Waals surface area contributed by atoms with Crippen molar-refractivity contribution in [1.82, 2.24) is 15.3 Å². The number of nitrogens with one attached hydrogen (secondary N) is 2. The fourth-order valence-corrected chi connectivity index (χ4v) is 1.83. The lowest BCUT2D eigenvalue weighted by Gasteiger charge is -2.06. The number of imidazole rings is 1. The van der Waals surface area contributed by atoms with Gasteiger partial charge in [0, 0.05) is 13.2 Å². The van der Waals surface area contributed by atoms with E-state index in [1.165, 1.54) is 18.5 Å². The Hall–Kier alpha value is -1.99. The van der Waals surface area contributed by atoms with Crippen molar-refractivity contribution in [3.8, 4) is 0 Å². The molecule has 0 aliphatic heterocycles. The van der Waals surface area contributed by atoms with E-state index in [0.29, 0.717) is 30.6 Å². The van der Waals surface area contributed by atoms with Crippen molar-refractivity contribution in [3.63, 3.8) is 0 Å². The standard InChI is InChI=1S/C13H16FN3O3/c14-9-6-10(12-11(7-9)16-8-17-12)13(19)15-2-1-4-20-5-3-18/h6-8,18H,1-5H2,(H,15,19)(H,16,17). The minimum atomic E-state index is -0.488. The van der Waals surface area contributed by atoms with Crippen molar-refractivity contribution in [1.29, 1.82) is 0 Å². The van der Waals surface area contributed by atoms with Gasteiger partial charge in [0.15, 0.2) is 0 Å². The molecule has 1 amide bonds. The summed E-state index contributed by atoms with van der Waals surface area (Å²) >= 11 is 0. The van der Waals surface area contributed by atoms with Crippen LogP contribution < -0.4 is 5.32 Å². The third-order valence-electron chi connectivity index (χ3n) is 2.72. The lowest BCUT2D eigenvalue weighted by molar-refractivity contribution is 0.0868. The van der Waals surface area contributed by atoms with Gasteiger partial charge in [0.1, 0.15) is 11.3 Å². The molecule has 0 aliphatic rings. The first-order valence-electron chi connectivity index (χ1n) is 6.32. The van der Waals surface area contributed by atoms with Crippen LogP contribution in [-0.4, -0.2) is 47.3 Å². The Morgan fingerprint density at radius 3 is 3.10 bits per heavy atom. The number of aromatic nitrogens is 2. The van der Waals surface area contributed by atoms with Crippen LogP contribution in [-0.2, 0) is 4.74 Å². The topological polar surface area (TPSA) is 87.2 Å². The Bertz CT molecular complexity index is 585. The number of rotatable bonds is 7. The molecular formula is C13H16FN3O3. The molecule has 0 unspecified atom stereocenters. The molecule has 20 heavy (non-hydrogen) atoms. The molecule has 0 saturated heterocycles. The number of nitrogens with zero attached hydrogens (tertiary/aromatic N) is 1. The number of ether oxygens (including phenoxy) is 1. The summed E-state index contributed by atoms with van der Waals surface area (Å²) < 4.78 is 18.5. The summed E-state index contributed by atoms with van der Waals surface area (Å²) in [6.07, 6.45) is 2.04. The van der Waals surface area contributed by atoms with Crippen LogP contribution in [0.4, 0.5) is 4.39 Å². The SMILES string of the molecule is O=C(NCCCOCCO)c1cc(F)cc2[nH]cnc12. The lowest BCUT2D eigenvalue weighted by atomic mass is 10.1. The highest BCUT2D eigenvalue weighted by Gasteiger charge is 2.13. The number of amides is 1. The number of carbonyl (C=O) groups excluding carboxylic acids is 1. The summed E-state index contributed by atoms with van der Waals surface area (Å²) in [7, 11) is 0. The third-order valence-corrected chi connectivity index (χ3v) is 2.72. The predicted molar refractivity (Wildman–Crippen MR) is 70.9 cm³/mol. The van der Waals surface area contributed by atoms with Gasteiger partial charge in [-0.1, -0.05) is 0 Å². The second kappa shape index (κ2) is 6.97. The fraction of sp³-hybridized carbons (Fsp3) is 0.385. The molecule has 1 aromatic heterocycles. The van der Waals surface area contributed by atoms with E-state index < -0.39 is 5.82 Å². The van der Waals surface area contributed by atoms with Gasteiger partial charge in [-0.05, 0) is 18.6 Å². The molecule has 0 fully saturated rings. The molecule has 1 heterocycles. The normalized spacial score (nSPS) is 10.9. The van der Waals surface area contributed by atoms with Crippen molar-refractivity contribution in [2.75, 3.05) is 26.4 Å². The highest BCUT2D eigenvalue weighted by molar-refractivity contribution is 6.04. The van der Waals surface area contributed by atoms with Gasteiger partial charge >= 0.3 is 0 Å². The third kappa shape index (κ3) is 3.52. The molecular weight excluding hydrogens is 265 g/mol. The molecule has 0 radical (unpaired) electrons. The van der Waals surface area contributed by atoms with Gasteiger partial charge in [-0.2, -0.15) is 0 Å². The quantitative estimate of drug-likeness (QED) is 0.656. The molecule has 0 bridgehead atoms. The van der Waals surface area contributed by atoms with Crippen LogP contribution in [0.25, 0.3) is 11.0 Å². The number of carbonyl (C=O) groups is 1. The van der Waals surface area contributed by atoms with E-state index in [0.717, 1.165) is 0 Å². The minimum Gasteiger partial charge on any atom is -0.394 e. The molecule has 0 atom stereocenters. The molecule has 1 aromatic carbocycles. The predicted octanol–water partition coefficient (Wildman–Crippen LogP) is 0.831. The van der Waals surface area contributed by atoms with E-state index >= 15 is 0 Å². The van der Waals surface area contributed by atoms with E-state index in [4.69, 9.17) is 9.84 Å². The smallest absolute Gasteiger partial charge is 0.253 e. The Labute approximate surface area is 115 Å². The maximum Gasteiger partial charge on any atom is 0.253 e. The number of fused-ring (bicyclic) bond motifs is 1. The summed E-state index contributed by atoms with van der Waals surface area (Å²) in [5.41, 5.74) is 1.14. The van der Waals surface area contributed by atoms with Gasteiger partial charge in [-0.15, -0.1) is 0 Å². The van der Waals surface area contributed by atoms with Crippen LogP contribution in [0, 0.1) is 5.82 Å². The van der Waals surface area contributed by atoms with Crippen molar-refractivity contribution in [3.05, 3.63) is 29.8 Å². The Morgan fingerprint density at radius 1 is 1.45 bits per heavy atom. The maximum absolute atomic E-state index is 13.4. The summed E-state index contributed by atoms with van der Waals surface area (Å²) in [6.45, 7) is 1.12. The molecule has 7 heteroatoms. The molecule has 0 spiro atoms. The monoisotopic (exact) mass is 281 g/mol. The number of hydrogen-bond acceptors (Lipinski definition) is 4. The number of aliphatic hydroxyl groups is 1. The fourth-order valence-electron chi connectivity index (χ4n) is 1.83. The summed E-state index contributed by atoms with van der Waals surface area (Å²) in [6, 6.07) is 2.46. The molecule has 6 nitrogen and oxygen atoms in total. The zero-order valence-electron chi connectivity index (χ0n) is 10.9. The first kappa shape index (κ1) is 14.4. The largest absolute Gasteiger partial charge is 0.394 e. The van der Waals surface area contributed by atoms with Crippen LogP contribution in [0.1, 0.15) is 16.8 Å². The number of halogens is 1. The van der Waals surface area contributed by atoms with Gasteiger partial charge in [-0.25, -0.2) is 9.37 Å². The highest BCUT2D eigenvalue weighted by Crippen LogP contribution is 2.16. The first-order valence-corrected chi connectivity index (χ1v) is 6.32. The first-order chi connectivity index (χ1) is 9.72. The minimum absolute atomic E-state index is 0.0210. The van der Waals surface area contributed by atoms with Gasteiger partial charge in [-0.3, -0.25) is 4.79 Å². The van der Waals surface area contributed by atoms with Gasteiger partial charge in [0.05, 0.1) is 30.6 Å². The number of benzene rings is 1. The average Bonchev–Trinajstić information content (AvgIpc) is 2.89. The lowest BCUT2D eigenvalue weighted by Crippen LogP contribution is -2.25. The second-order valence-electron chi connectivity index (χ2n) is 4.20. The molecule has 2 aromatic rings. The van der Waals surface area contributed by atoms with Crippen LogP contribution in [0.15, 0.2) is 18.5 Å². The highest BCUT2D eigenvalue weighted by atomic mass is 19.1. The number of aliphatic hydroxyl groups excluding tert-OH is 1. The average molecular weight is 281 g/mol. The summed E-state index contributed by atoms with van der Waals surface area (Å²) in [5.74, 6) is -0.859. The van der Waals surface area contributed by atoms with E-state index in [1.807, 2.05) is 0 Å². The Morgan fingerprint density at radius 2 is 2.30 bits per heavy atom. The Balaban J connectivity index is 1.92. The van der Waals surface area contributed by atoms with E-state index in [9.17, 15) is 9.18 Å². The van der Waals surface area contributed by atoms with Gasteiger partial charge in [0.25, 0.3) is 5.91 Å².